The fourth-order valence-corrected chi connectivity index (χ4v) is 1.74. The molecule has 1 N–H and O–H groups in total. The summed E-state index contributed by atoms with van der Waals surface area (Å²) in [7, 11) is 1.93. The number of carboxylic acid groups (broad SMARTS) is 1. The number of aliphatic carboxylic acids is 1. The van der Waals surface area contributed by atoms with E-state index < -0.39 is 5.97 Å². The molecule has 0 radical (unpaired) electrons. The minimum atomic E-state index is -0.763. The quantitative estimate of drug-likeness (QED) is 0.880. The number of carboxylic acids is 1. The number of nitrogens with zero attached hydrogens (tertiary/aromatic N) is 1. The molecule has 0 aliphatic rings. The van der Waals surface area contributed by atoms with Gasteiger partial charge in [0, 0.05) is 17.6 Å². The molecule has 3 nitrogen and oxygen atoms in total. The molecule has 0 aliphatic heterocycles. The van der Waals surface area contributed by atoms with Crippen molar-refractivity contribution < 1.29 is 9.90 Å². The van der Waals surface area contributed by atoms with Crippen LogP contribution in [0.4, 0.5) is 0 Å². The van der Waals surface area contributed by atoms with Gasteiger partial charge in [0.05, 0.1) is 5.92 Å². The van der Waals surface area contributed by atoms with Gasteiger partial charge in [0.1, 0.15) is 0 Å². The molecule has 0 spiro atoms. The Balaban J connectivity index is 2.62. The third kappa shape index (κ3) is 4.02. The van der Waals surface area contributed by atoms with Gasteiger partial charge < -0.3 is 5.11 Å². The summed E-state index contributed by atoms with van der Waals surface area (Å²) in [6, 6.07) is 7.59. The minimum absolute atomic E-state index is 0.0109. The van der Waals surface area contributed by atoms with Crippen LogP contribution >= 0.6 is 11.6 Å². The second kappa shape index (κ2) is 6.03. The van der Waals surface area contributed by atoms with E-state index in [4.69, 9.17) is 16.7 Å². The summed E-state index contributed by atoms with van der Waals surface area (Å²) in [6.45, 7) is 4.37. The predicted octanol–water partition coefficient (Wildman–Crippen LogP) is 2.88. The van der Waals surface area contributed by atoms with Gasteiger partial charge in [0.25, 0.3) is 0 Å². The van der Waals surface area contributed by atoms with E-state index in [1.54, 1.807) is 6.92 Å². The number of rotatable bonds is 5. The lowest BCUT2D eigenvalue weighted by Crippen LogP contribution is -2.37. The first-order valence-electron chi connectivity index (χ1n) is 5.59. The lowest BCUT2D eigenvalue weighted by Gasteiger charge is -2.27. The van der Waals surface area contributed by atoms with Gasteiger partial charge in [0.15, 0.2) is 0 Å². The molecule has 2 atom stereocenters. The van der Waals surface area contributed by atoms with Gasteiger partial charge in [-0.2, -0.15) is 0 Å². The smallest absolute Gasteiger partial charge is 0.307 e. The van der Waals surface area contributed by atoms with Crippen molar-refractivity contribution >= 4 is 17.6 Å². The van der Waals surface area contributed by atoms with Crippen molar-refractivity contribution in [1.82, 2.24) is 4.90 Å². The summed E-state index contributed by atoms with van der Waals surface area (Å²) in [5, 5.41) is 9.67. The van der Waals surface area contributed by atoms with Gasteiger partial charge in [-0.1, -0.05) is 30.7 Å². The molecule has 0 saturated heterocycles. The molecule has 4 heteroatoms. The fourth-order valence-electron chi connectivity index (χ4n) is 1.61. The van der Waals surface area contributed by atoms with E-state index in [0.29, 0.717) is 5.02 Å². The maximum Gasteiger partial charge on any atom is 0.307 e. The van der Waals surface area contributed by atoms with Gasteiger partial charge in [-0.05, 0) is 31.7 Å². The Hall–Kier alpha value is -1.06. The summed E-state index contributed by atoms with van der Waals surface area (Å²) in [6.07, 6.45) is 0. The summed E-state index contributed by atoms with van der Waals surface area (Å²) in [5.41, 5.74) is 1.13. The van der Waals surface area contributed by atoms with E-state index in [0.717, 1.165) is 12.1 Å². The van der Waals surface area contributed by atoms with Gasteiger partial charge in [-0.3, -0.25) is 9.69 Å². The van der Waals surface area contributed by atoms with E-state index in [-0.39, 0.29) is 12.0 Å². The van der Waals surface area contributed by atoms with Crippen LogP contribution in [0.3, 0.4) is 0 Å². The molecule has 0 fully saturated rings. The number of hydrogen-bond donors (Lipinski definition) is 1. The van der Waals surface area contributed by atoms with Crippen molar-refractivity contribution in [3.63, 3.8) is 0 Å². The highest BCUT2D eigenvalue weighted by atomic mass is 35.5. The van der Waals surface area contributed by atoms with Crippen LogP contribution in [-0.4, -0.2) is 29.1 Å². The zero-order valence-electron chi connectivity index (χ0n) is 10.4. The molecule has 0 aliphatic carbocycles. The summed E-state index contributed by atoms with van der Waals surface area (Å²) >= 11 is 5.81. The Morgan fingerprint density at radius 2 is 1.88 bits per heavy atom. The Kier molecular flexibility index (Phi) is 4.97. The number of halogens is 1. The Labute approximate surface area is 107 Å². The summed E-state index contributed by atoms with van der Waals surface area (Å²) in [5.74, 6) is -1.15. The molecular weight excluding hydrogens is 238 g/mol. The molecule has 0 saturated carbocycles. The zero-order chi connectivity index (χ0) is 13.0. The predicted molar refractivity (Wildman–Crippen MR) is 69.2 cm³/mol. The summed E-state index contributed by atoms with van der Waals surface area (Å²) in [4.78, 5) is 12.9. The standard InChI is InChI=1S/C13H18ClNO2/c1-9(13(16)17)10(2)15(3)8-11-4-6-12(14)7-5-11/h4-7,9-10H,8H2,1-3H3,(H,16,17). The molecular formula is C13H18ClNO2. The van der Waals surface area contributed by atoms with Gasteiger partial charge >= 0.3 is 5.97 Å². The van der Waals surface area contributed by atoms with E-state index in [1.807, 2.05) is 43.1 Å². The molecule has 2 unspecified atom stereocenters. The largest absolute Gasteiger partial charge is 0.481 e. The maximum atomic E-state index is 10.9. The fraction of sp³-hybridized carbons (Fsp3) is 0.462. The van der Waals surface area contributed by atoms with Crippen molar-refractivity contribution in [2.24, 2.45) is 5.92 Å². The van der Waals surface area contributed by atoms with Gasteiger partial charge in [0.2, 0.25) is 0 Å². The number of hydrogen-bond acceptors (Lipinski definition) is 2. The van der Waals surface area contributed by atoms with E-state index in [9.17, 15) is 4.79 Å². The lowest BCUT2D eigenvalue weighted by atomic mass is 10.0. The highest BCUT2D eigenvalue weighted by molar-refractivity contribution is 6.30. The van der Waals surface area contributed by atoms with Crippen molar-refractivity contribution in [1.29, 1.82) is 0 Å². The molecule has 0 amide bonds. The first-order valence-corrected chi connectivity index (χ1v) is 5.97. The first-order chi connectivity index (χ1) is 7.91. The molecule has 0 heterocycles. The molecule has 94 valence electrons. The molecule has 0 bridgehead atoms. The van der Waals surface area contributed by atoms with Crippen molar-refractivity contribution in [2.45, 2.75) is 26.4 Å². The SMILES string of the molecule is CC(C(=O)O)C(C)N(C)Cc1ccc(Cl)cc1. The maximum absolute atomic E-state index is 10.9. The third-order valence-electron chi connectivity index (χ3n) is 3.15. The topological polar surface area (TPSA) is 40.5 Å². The molecule has 1 aromatic carbocycles. The molecule has 1 aromatic rings. The average molecular weight is 256 g/mol. The van der Waals surface area contributed by atoms with Crippen molar-refractivity contribution in [3.05, 3.63) is 34.9 Å². The van der Waals surface area contributed by atoms with Gasteiger partial charge in [-0.15, -0.1) is 0 Å². The van der Waals surface area contributed by atoms with Crippen LogP contribution in [0.2, 0.25) is 5.02 Å². The highest BCUT2D eigenvalue weighted by Gasteiger charge is 2.22. The Morgan fingerprint density at radius 1 is 1.35 bits per heavy atom. The van der Waals surface area contributed by atoms with Crippen LogP contribution in [0.25, 0.3) is 0 Å². The number of carbonyl (C=O) groups is 1. The lowest BCUT2D eigenvalue weighted by molar-refractivity contribution is -0.143. The van der Waals surface area contributed by atoms with Crippen LogP contribution in [0, 0.1) is 5.92 Å². The van der Waals surface area contributed by atoms with Crippen LogP contribution in [-0.2, 0) is 11.3 Å². The van der Waals surface area contributed by atoms with E-state index >= 15 is 0 Å². The zero-order valence-corrected chi connectivity index (χ0v) is 11.1. The van der Waals surface area contributed by atoms with E-state index in [1.165, 1.54) is 0 Å². The number of benzene rings is 1. The average Bonchev–Trinajstić information content (AvgIpc) is 2.30. The molecule has 1 rings (SSSR count). The van der Waals surface area contributed by atoms with Crippen LogP contribution in [0.1, 0.15) is 19.4 Å². The van der Waals surface area contributed by atoms with Gasteiger partial charge in [-0.25, -0.2) is 0 Å². The van der Waals surface area contributed by atoms with Crippen molar-refractivity contribution in [2.75, 3.05) is 7.05 Å². The van der Waals surface area contributed by atoms with Crippen molar-refractivity contribution in [3.8, 4) is 0 Å². The normalized spacial score (nSPS) is 14.6. The highest BCUT2D eigenvalue weighted by Crippen LogP contribution is 2.15. The Bertz CT molecular complexity index is 378. The van der Waals surface area contributed by atoms with Crippen LogP contribution in [0.15, 0.2) is 24.3 Å². The molecule has 17 heavy (non-hydrogen) atoms. The third-order valence-corrected chi connectivity index (χ3v) is 3.41. The Morgan fingerprint density at radius 3 is 2.35 bits per heavy atom. The van der Waals surface area contributed by atoms with Crippen LogP contribution in [0.5, 0.6) is 0 Å². The monoisotopic (exact) mass is 255 g/mol. The minimum Gasteiger partial charge on any atom is -0.481 e. The second-order valence-corrected chi connectivity index (χ2v) is 4.85. The molecule has 0 aromatic heterocycles. The first kappa shape index (κ1) is 14.0. The van der Waals surface area contributed by atoms with Crippen LogP contribution < -0.4 is 0 Å². The van der Waals surface area contributed by atoms with E-state index in [2.05, 4.69) is 0 Å². The summed E-state index contributed by atoms with van der Waals surface area (Å²) < 4.78 is 0. The second-order valence-electron chi connectivity index (χ2n) is 4.41.